The number of ether oxygens (including phenoxy) is 6. The maximum absolute atomic E-state index is 5.44. The third kappa shape index (κ3) is 6.97. The van der Waals surface area contributed by atoms with Crippen LogP contribution in [0.15, 0.2) is 0 Å². The summed E-state index contributed by atoms with van der Waals surface area (Å²) in [5.74, 6) is 0. The van der Waals surface area contributed by atoms with Crippen molar-refractivity contribution in [3.63, 3.8) is 0 Å². The van der Waals surface area contributed by atoms with Gasteiger partial charge in [-0.25, -0.2) is 0 Å². The highest BCUT2D eigenvalue weighted by atomic mass is 16.6. The molecule has 2 saturated heterocycles. The minimum atomic E-state index is -0.0360. The van der Waals surface area contributed by atoms with Gasteiger partial charge in [-0.1, -0.05) is 0 Å². The standard InChI is InChI=1S/C14H26O6/c1-13(11-19-13)9-17-7-5-15-3-4-16-6-8-18-10-14(2)12-20-14/h3-12H2,1-2H3. The van der Waals surface area contributed by atoms with E-state index in [1.165, 1.54) is 0 Å². The Labute approximate surface area is 120 Å². The van der Waals surface area contributed by atoms with Crippen LogP contribution in [0.3, 0.4) is 0 Å². The van der Waals surface area contributed by atoms with E-state index >= 15 is 0 Å². The van der Waals surface area contributed by atoms with Crippen molar-refractivity contribution in [1.82, 2.24) is 0 Å². The van der Waals surface area contributed by atoms with E-state index in [9.17, 15) is 0 Å². The van der Waals surface area contributed by atoms with Crippen LogP contribution in [-0.2, 0) is 28.4 Å². The van der Waals surface area contributed by atoms with E-state index in [1.807, 2.05) is 13.8 Å². The van der Waals surface area contributed by atoms with Crippen LogP contribution in [0.4, 0.5) is 0 Å². The molecule has 0 N–H and O–H groups in total. The van der Waals surface area contributed by atoms with Crippen LogP contribution in [0.25, 0.3) is 0 Å². The lowest BCUT2D eigenvalue weighted by atomic mass is 10.2. The first-order valence-electron chi connectivity index (χ1n) is 7.21. The molecule has 118 valence electrons. The van der Waals surface area contributed by atoms with Crippen molar-refractivity contribution >= 4 is 0 Å². The Morgan fingerprint density at radius 2 is 0.950 bits per heavy atom. The van der Waals surface area contributed by atoms with Crippen molar-refractivity contribution in [2.75, 3.05) is 66.1 Å². The van der Waals surface area contributed by atoms with E-state index in [0.717, 1.165) is 13.2 Å². The normalized spacial score (nSPS) is 31.5. The van der Waals surface area contributed by atoms with Gasteiger partial charge in [0.1, 0.15) is 11.2 Å². The lowest BCUT2D eigenvalue weighted by Gasteiger charge is -2.09. The Hall–Kier alpha value is -0.240. The highest BCUT2D eigenvalue weighted by Gasteiger charge is 2.39. The summed E-state index contributed by atoms with van der Waals surface area (Å²) in [4.78, 5) is 0. The van der Waals surface area contributed by atoms with E-state index in [0.29, 0.717) is 52.9 Å². The summed E-state index contributed by atoms with van der Waals surface area (Å²) in [5.41, 5.74) is -0.0721. The fourth-order valence-corrected chi connectivity index (χ4v) is 1.55. The van der Waals surface area contributed by atoms with Gasteiger partial charge in [-0.2, -0.15) is 0 Å². The zero-order chi connectivity index (χ0) is 14.3. The second-order valence-electron chi connectivity index (χ2n) is 5.81. The number of epoxide rings is 2. The first-order valence-corrected chi connectivity index (χ1v) is 7.21. The topological polar surface area (TPSA) is 62.0 Å². The molecule has 2 aliphatic rings. The third-order valence-electron chi connectivity index (χ3n) is 3.21. The van der Waals surface area contributed by atoms with Crippen molar-refractivity contribution in [2.45, 2.75) is 25.0 Å². The SMILES string of the molecule is CC1(COCCOCCOCCOCC2(C)CO2)CO1. The summed E-state index contributed by atoms with van der Waals surface area (Å²) < 4.78 is 32.1. The minimum Gasteiger partial charge on any atom is -0.377 e. The minimum absolute atomic E-state index is 0.0360. The second kappa shape index (κ2) is 7.68. The molecule has 0 radical (unpaired) electrons. The predicted octanol–water partition coefficient (Wildman–Crippen LogP) is 0.631. The molecule has 2 rings (SSSR count). The van der Waals surface area contributed by atoms with Gasteiger partial charge in [0.05, 0.1) is 66.1 Å². The Morgan fingerprint density at radius 1 is 0.650 bits per heavy atom. The molecule has 0 aromatic rings. The summed E-state index contributed by atoms with van der Waals surface area (Å²) in [6.45, 7) is 10.5. The monoisotopic (exact) mass is 290 g/mol. The van der Waals surface area contributed by atoms with Crippen LogP contribution in [0.2, 0.25) is 0 Å². The zero-order valence-corrected chi connectivity index (χ0v) is 12.5. The third-order valence-corrected chi connectivity index (χ3v) is 3.21. The first kappa shape index (κ1) is 16.1. The van der Waals surface area contributed by atoms with Crippen LogP contribution >= 0.6 is 0 Å². The predicted molar refractivity (Wildman–Crippen MR) is 72.0 cm³/mol. The van der Waals surface area contributed by atoms with Gasteiger partial charge in [-0.3, -0.25) is 0 Å². The Kier molecular flexibility index (Phi) is 6.20. The second-order valence-corrected chi connectivity index (χ2v) is 5.81. The van der Waals surface area contributed by atoms with Gasteiger partial charge in [-0.05, 0) is 13.8 Å². The summed E-state index contributed by atoms with van der Waals surface area (Å²) >= 11 is 0. The summed E-state index contributed by atoms with van der Waals surface area (Å²) in [7, 11) is 0. The molecular formula is C14H26O6. The van der Waals surface area contributed by atoms with Gasteiger partial charge in [-0.15, -0.1) is 0 Å². The molecule has 6 nitrogen and oxygen atoms in total. The molecule has 2 atom stereocenters. The van der Waals surface area contributed by atoms with E-state index in [2.05, 4.69) is 0 Å². The highest BCUT2D eigenvalue weighted by molar-refractivity contribution is 4.86. The van der Waals surface area contributed by atoms with E-state index in [-0.39, 0.29) is 11.2 Å². The van der Waals surface area contributed by atoms with Crippen LogP contribution < -0.4 is 0 Å². The Morgan fingerprint density at radius 3 is 1.25 bits per heavy atom. The molecule has 2 fully saturated rings. The molecule has 0 saturated carbocycles. The van der Waals surface area contributed by atoms with E-state index < -0.39 is 0 Å². The molecule has 0 amide bonds. The maximum Gasteiger partial charge on any atom is 0.112 e. The Balaban J connectivity index is 1.24. The van der Waals surface area contributed by atoms with Crippen molar-refractivity contribution in [2.24, 2.45) is 0 Å². The summed E-state index contributed by atoms with van der Waals surface area (Å²) in [6, 6.07) is 0. The molecule has 2 aliphatic heterocycles. The molecule has 0 aromatic carbocycles. The Bertz CT molecular complexity index is 247. The quantitative estimate of drug-likeness (QED) is 0.366. The lowest BCUT2D eigenvalue weighted by molar-refractivity contribution is -0.0115. The van der Waals surface area contributed by atoms with Crippen LogP contribution in [0.5, 0.6) is 0 Å². The fourth-order valence-electron chi connectivity index (χ4n) is 1.55. The van der Waals surface area contributed by atoms with Crippen LogP contribution in [0, 0.1) is 0 Å². The van der Waals surface area contributed by atoms with E-state index in [4.69, 9.17) is 28.4 Å². The van der Waals surface area contributed by atoms with Gasteiger partial charge in [0, 0.05) is 0 Å². The van der Waals surface area contributed by atoms with Crippen molar-refractivity contribution < 1.29 is 28.4 Å². The average Bonchev–Trinajstić information content (AvgIpc) is 3.32. The molecule has 20 heavy (non-hydrogen) atoms. The average molecular weight is 290 g/mol. The first-order chi connectivity index (χ1) is 9.62. The van der Waals surface area contributed by atoms with Gasteiger partial charge in [0.2, 0.25) is 0 Å². The lowest BCUT2D eigenvalue weighted by Crippen LogP contribution is -2.18. The zero-order valence-electron chi connectivity index (χ0n) is 12.5. The van der Waals surface area contributed by atoms with Crippen LogP contribution in [-0.4, -0.2) is 77.3 Å². The van der Waals surface area contributed by atoms with Crippen molar-refractivity contribution in [1.29, 1.82) is 0 Å². The summed E-state index contributed by atoms with van der Waals surface area (Å²) in [6.07, 6.45) is 0. The molecule has 2 heterocycles. The van der Waals surface area contributed by atoms with Gasteiger partial charge in [0.25, 0.3) is 0 Å². The molecule has 0 aromatic heterocycles. The largest absolute Gasteiger partial charge is 0.377 e. The number of hydrogen-bond donors (Lipinski definition) is 0. The molecule has 0 spiro atoms. The maximum atomic E-state index is 5.44. The number of hydrogen-bond acceptors (Lipinski definition) is 6. The van der Waals surface area contributed by atoms with Crippen molar-refractivity contribution in [3.05, 3.63) is 0 Å². The number of rotatable bonds is 13. The summed E-state index contributed by atoms with van der Waals surface area (Å²) in [5, 5.41) is 0. The molecule has 0 bridgehead atoms. The smallest absolute Gasteiger partial charge is 0.112 e. The van der Waals surface area contributed by atoms with Crippen molar-refractivity contribution in [3.8, 4) is 0 Å². The molecule has 6 heteroatoms. The van der Waals surface area contributed by atoms with E-state index in [1.54, 1.807) is 0 Å². The fraction of sp³-hybridized carbons (Fsp3) is 1.00. The van der Waals surface area contributed by atoms with Gasteiger partial charge in [0.15, 0.2) is 0 Å². The van der Waals surface area contributed by atoms with Crippen LogP contribution in [0.1, 0.15) is 13.8 Å². The van der Waals surface area contributed by atoms with Gasteiger partial charge >= 0.3 is 0 Å². The highest BCUT2D eigenvalue weighted by Crippen LogP contribution is 2.26. The molecule has 2 unspecified atom stereocenters. The van der Waals surface area contributed by atoms with Gasteiger partial charge < -0.3 is 28.4 Å². The molecule has 0 aliphatic carbocycles. The molecular weight excluding hydrogens is 264 g/mol.